The summed E-state index contributed by atoms with van der Waals surface area (Å²) in [5, 5.41) is 8.66. The minimum absolute atomic E-state index is 0.313. The summed E-state index contributed by atoms with van der Waals surface area (Å²) in [6.45, 7) is 1.66. The Morgan fingerprint density at radius 2 is 2.12 bits per heavy atom. The molecule has 16 heavy (non-hydrogen) atoms. The number of pyridine rings is 1. The van der Waals surface area contributed by atoms with Gasteiger partial charge in [-0.2, -0.15) is 13.2 Å². The van der Waals surface area contributed by atoms with Gasteiger partial charge in [0.25, 0.3) is 0 Å². The maximum atomic E-state index is 12.4. The zero-order valence-corrected chi connectivity index (χ0v) is 8.25. The Labute approximate surface area is 89.2 Å². The summed E-state index contributed by atoms with van der Waals surface area (Å²) in [5.41, 5.74) is -1.91. The van der Waals surface area contributed by atoms with E-state index in [9.17, 15) is 18.0 Å². The molecule has 0 fully saturated rings. The van der Waals surface area contributed by atoms with Crippen molar-refractivity contribution in [3.8, 4) is 0 Å². The lowest BCUT2D eigenvalue weighted by molar-refractivity contribution is -0.141. The molecule has 0 amide bonds. The van der Waals surface area contributed by atoms with E-state index in [2.05, 4.69) is 4.98 Å². The van der Waals surface area contributed by atoms with Gasteiger partial charge in [0.05, 0.1) is 5.56 Å². The number of aromatic nitrogens is 1. The molecular formula is C10H8F3NO2. The van der Waals surface area contributed by atoms with E-state index >= 15 is 0 Å². The van der Waals surface area contributed by atoms with E-state index in [0.29, 0.717) is 5.56 Å². The van der Waals surface area contributed by atoms with Gasteiger partial charge in [-0.1, -0.05) is 12.2 Å². The van der Waals surface area contributed by atoms with Crippen molar-refractivity contribution in [3.05, 3.63) is 35.2 Å². The molecule has 3 nitrogen and oxygen atoms in total. The molecule has 0 saturated heterocycles. The fourth-order valence-electron chi connectivity index (χ4n) is 1.15. The highest BCUT2D eigenvalue weighted by molar-refractivity contribution is 5.89. The van der Waals surface area contributed by atoms with E-state index in [0.717, 1.165) is 12.3 Å². The van der Waals surface area contributed by atoms with Crippen molar-refractivity contribution in [2.24, 2.45) is 0 Å². The normalized spacial score (nSPS) is 12.0. The van der Waals surface area contributed by atoms with Crippen molar-refractivity contribution in [1.82, 2.24) is 4.98 Å². The van der Waals surface area contributed by atoms with Gasteiger partial charge in [-0.25, -0.2) is 4.79 Å². The number of halogens is 3. The molecule has 0 atom stereocenters. The Balaban J connectivity index is 3.36. The maximum absolute atomic E-state index is 12.4. The SMILES string of the molecule is CC=Cc1cnc(C(F)(F)F)c(C(=O)O)c1. The lowest BCUT2D eigenvalue weighted by Gasteiger charge is -2.09. The second-order valence-corrected chi connectivity index (χ2v) is 2.97. The topological polar surface area (TPSA) is 50.2 Å². The van der Waals surface area contributed by atoms with Crippen molar-refractivity contribution in [2.75, 3.05) is 0 Å². The monoisotopic (exact) mass is 231 g/mol. The Bertz CT molecular complexity index is 438. The molecule has 6 heteroatoms. The van der Waals surface area contributed by atoms with E-state index in [1.165, 1.54) is 6.08 Å². The van der Waals surface area contributed by atoms with Crippen LogP contribution >= 0.6 is 0 Å². The van der Waals surface area contributed by atoms with E-state index < -0.39 is 23.4 Å². The quantitative estimate of drug-likeness (QED) is 0.851. The van der Waals surface area contributed by atoms with Crippen LogP contribution in [0.2, 0.25) is 0 Å². The molecule has 1 heterocycles. The number of allylic oxidation sites excluding steroid dienone is 1. The maximum Gasteiger partial charge on any atom is 0.434 e. The van der Waals surface area contributed by atoms with Gasteiger partial charge in [-0.3, -0.25) is 4.98 Å². The van der Waals surface area contributed by atoms with Crippen LogP contribution in [-0.4, -0.2) is 16.1 Å². The summed E-state index contributed by atoms with van der Waals surface area (Å²) in [4.78, 5) is 13.8. The molecule has 0 unspecified atom stereocenters. The average molecular weight is 231 g/mol. The number of nitrogens with zero attached hydrogens (tertiary/aromatic N) is 1. The molecule has 0 aliphatic heterocycles. The van der Waals surface area contributed by atoms with Gasteiger partial charge in [0.1, 0.15) is 0 Å². The molecular weight excluding hydrogens is 223 g/mol. The van der Waals surface area contributed by atoms with E-state index in [4.69, 9.17) is 5.11 Å². The highest BCUT2D eigenvalue weighted by atomic mass is 19.4. The second kappa shape index (κ2) is 4.34. The van der Waals surface area contributed by atoms with Crippen molar-refractivity contribution in [2.45, 2.75) is 13.1 Å². The molecule has 0 aliphatic carbocycles. The third-order valence-electron chi connectivity index (χ3n) is 1.77. The zero-order chi connectivity index (χ0) is 12.3. The van der Waals surface area contributed by atoms with Crippen LogP contribution in [0.1, 0.15) is 28.5 Å². The van der Waals surface area contributed by atoms with Crippen LogP contribution < -0.4 is 0 Å². The largest absolute Gasteiger partial charge is 0.478 e. The smallest absolute Gasteiger partial charge is 0.434 e. The highest BCUT2D eigenvalue weighted by Gasteiger charge is 2.37. The van der Waals surface area contributed by atoms with Crippen LogP contribution in [0.4, 0.5) is 13.2 Å². The first kappa shape index (κ1) is 12.2. The van der Waals surface area contributed by atoms with Gasteiger partial charge >= 0.3 is 12.1 Å². The molecule has 1 rings (SSSR count). The van der Waals surface area contributed by atoms with Crippen LogP contribution in [0.3, 0.4) is 0 Å². The van der Waals surface area contributed by atoms with E-state index in [1.807, 2.05) is 0 Å². The van der Waals surface area contributed by atoms with Crippen molar-refractivity contribution < 1.29 is 23.1 Å². The number of hydrogen-bond donors (Lipinski definition) is 1. The number of rotatable bonds is 2. The molecule has 1 N–H and O–H groups in total. The number of carbonyl (C=O) groups is 1. The summed E-state index contributed by atoms with van der Waals surface area (Å²) >= 11 is 0. The Morgan fingerprint density at radius 1 is 1.50 bits per heavy atom. The van der Waals surface area contributed by atoms with Gasteiger partial charge in [-0.15, -0.1) is 0 Å². The third kappa shape index (κ3) is 2.59. The summed E-state index contributed by atoms with van der Waals surface area (Å²) in [5.74, 6) is -1.65. The summed E-state index contributed by atoms with van der Waals surface area (Å²) in [6.07, 6.45) is -0.729. The molecule has 0 radical (unpaired) electrons. The first-order chi connectivity index (χ1) is 7.36. The molecule has 86 valence electrons. The van der Waals surface area contributed by atoms with Crippen molar-refractivity contribution in [1.29, 1.82) is 0 Å². The first-order valence-corrected chi connectivity index (χ1v) is 4.29. The van der Waals surface area contributed by atoms with Gasteiger partial charge in [-0.05, 0) is 18.6 Å². The summed E-state index contributed by atoms with van der Waals surface area (Å²) < 4.78 is 37.1. The van der Waals surface area contributed by atoms with Crippen molar-refractivity contribution in [3.63, 3.8) is 0 Å². The first-order valence-electron chi connectivity index (χ1n) is 4.29. The predicted molar refractivity (Wildman–Crippen MR) is 50.9 cm³/mol. The fraction of sp³-hybridized carbons (Fsp3) is 0.200. The number of aromatic carboxylic acids is 1. The van der Waals surface area contributed by atoms with Gasteiger partial charge < -0.3 is 5.11 Å². The van der Waals surface area contributed by atoms with Crippen molar-refractivity contribution >= 4 is 12.0 Å². The fourth-order valence-corrected chi connectivity index (χ4v) is 1.15. The van der Waals surface area contributed by atoms with Gasteiger partial charge in [0.15, 0.2) is 5.69 Å². The third-order valence-corrected chi connectivity index (χ3v) is 1.77. The highest BCUT2D eigenvalue weighted by Crippen LogP contribution is 2.30. The molecule has 0 saturated carbocycles. The van der Waals surface area contributed by atoms with Crippen LogP contribution in [0.15, 0.2) is 18.3 Å². The molecule has 1 aromatic rings. The van der Waals surface area contributed by atoms with Crippen LogP contribution in [0.25, 0.3) is 6.08 Å². The average Bonchev–Trinajstić information content (AvgIpc) is 2.16. The lowest BCUT2D eigenvalue weighted by atomic mass is 10.1. The molecule has 0 aromatic carbocycles. The molecule has 0 aliphatic rings. The Hall–Kier alpha value is -1.85. The predicted octanol–water partition coefficient (Wildman–Crippen LogP) is 2.83. The second-order valence-electron chi connectivity index (χ2n) is 2.97. The number of alkyl halides is 3. The van der Waals surface area contributed by atoms with Gasteiger partial charge in [0.2, 0.25) is 0 Å². The number of hydrogen-bond acceptors (Lipinski definition) is 2. The molecule has 0 bridgehead atoms. The molecule has 0 spiro atoms. The van der Waals surface area contributed by atoms with Gasteiger partial charge in [0, 0.05) is 6.20 Å². The van der Waals surface area contributed by atoms with Crippen LogP contribution in [0, 0.1) is 0 Å². The minimum atomic E-state index is -4.76. The number of carboxylic acid groups (broad SMARTS) is 1. The van der Waals surface area contributed by atoms with Crippen LogP contribution in [-0.2, 0) is 6.18 Å². The van der Waals surface area contributed by atoms with Crippen LogP contribution in [0.5, 0.6) is 0 Å². The summed E-state index contributed by atoms with van der Waals surface area (Å²) in [6, 6.07) is 0.943. The van der Waals surface area contributed by atoms with E-state index in [1.54, 1.807) is 13.0 Å². The number of carboxylic acids is 1. The summed E-state index contributed by atoms with van der Waals surface area (Å²) in [7, 11) is 0. The zero-order valence-electron chi connectivity index (χ0n) is 8.25. The van der Waals surface area contributed by atoms with E-state index in [-0.39, 0.29) is 0 Å². The minimum Gasteiger partial charge on any atom is -0.478 e. The Kier molecular flexibility index (Phi) is 3.31. The standard InChI is InChI=1S/C10H8F3NO2/c1-2-3-6-4-7(9(15)16)8(14-5-6)10(11,12)13/h2-5H,1H3,(H,15,16). The molecule has 1 aromatic heterocycles. The Morgan fingerprint density at radius 3 is 2.56 bits per heavy atom. The lowest BCUT2D eigenvalue weighted by Crippen LogP contribution is -2.15.